The molecule has 14 heavy (non-hydrogen) atoms. The lowest BCUT2D eigenvalue weighted by molar-refractivity contribution is 0.336. The van der Waals surface area contributed by atoms with E-state index < -0.39 is 0 Å². The lowest BCUT2D eigenvalue weighted by atomic mass is 10.2. The van der Waals surface area contributed by atoms with Gasteiger partial charge in [0.15, 0.2) is 0 Å². The first-order valence-corrected chi connectivity index (χ1v) is 6.43. The Morgan fingerprint density at radius 3 is 3.07 bits per heavy atom. The summed E-state index contributed by atoms with van der Waals surface area (Å²) in [5, 5.41) is 4.14. The molecule has 1 aromatic rings. The normalized spacial score (nSPS) is 15.6. The van der Waals surface area contributed by atoms with Crippen LogP contribution in [0.4, 0.5) is 0 Å². The standard InChI is InChI=1S/C9H11IN2OS/c1-2-8-7(6-14-8)5-13-9-3-4-12(10)11-9/h3-4H,2,5-6H2,1H3. The monoisotopic (exact) mass is 322 g/mol. The SMILES string of the molecule is CCC1=C(COc2ccn(I)n2)CS1. The number of rotatable bonds is 4. The number of hydrogen-bond acceptors (Lipinski definition) is 3. The van der Waals surface area contributed by atoms with E-state index in [0.717, 1.165) is 12.2 Å². The Hall–Kier alpha value is -0.170. The third-order valence-corrected chi connectivity index (χ3v) is 4.02. The molecule has 2 rings (SSSR count). The second kappa shape index (κ2) is 4.57. The van der Waals surface area contributed by atoms with Crippen molar-refractivity contribution in [3.63, 3.8) is 0 Å². The zero-order chi connectivity index (χ0) is 9.97. The van der Waals surface area contributed by atoms with Crippen molar-refractivity contribution in [1.82, 2.24) is 7.99 Å². The lowest BCUT2D eigenvalue weighted by Crippen LogP contribution is -2.12. The van der Waals surface area contributed by atoms with Crippen molar-refractivity contribution in [3.05, 3.63) is 22.7 Å². The summed E-state index contributed by atoms with van der Waals surface area (Å²) in [7, 11) is 0. The highest BCUT2D eigenvalue weighted by atomic mass is 127. The van der Waals surface area contributed by atoms with Gasteiger partial charge in [-0.2, -0.15) is 0 Å². The Balaban J connectivity index is 1.89. The molecule has 1 aliphatic heterocycles. The van der Waals surface area contributed by atoms with Gasteiger partial charge in [-0.3, -0.25) is 0 Å². The first-order chi connectivity index (χ1) is 6.79. The zero-order valence-corrected chi connectivity index (χ0v) is 10.8. The van der Waals surface area contributed by atoms with Crippen molar-refractivity contribution >= 4 is 34.6 Å². The highest BCUT2D eigenvalue weighted by Gasteiger charge is 2.16. The summed E-state index contributed by atoms with van der Waals surface area (Å²) in [6.07, 6.45) is 3.00. The van der Waals surface area contributed by atoms with E-state index in [4.69, 9.17) is 4.74 Å². The number of allylic oxidation sites excluding steroid dienone is 1. The molecule has 1 aromatic heterocycles. The zero-order valence-electron chi connectivity index (χ0n) is 7.86. The maximum atomic E-state index is 5.55. The highest BCUT2D eigenvalue weighted by Crippen LogP contribution is 2.35. The fourth-order valence-corrected chi connectivity index (χ4v) is 2.55. The van der Waals surface area contributed by atoms with Gasteiger partial charge in [0.1, 0.15) is 6.61 Å². The van der Waals surface area contributed by atoms with Gasteiger partial charge < -0.3 is 4.74 Å². The topological polar surface area (TPSA) is 27.1 Å². The molecule has 0 aromatic carbocycles. The van der Waals surface area contributed by atoms with Crippen LogP contribution >= 0.6 is 34.6 Å². The Morgan fingerprint density at radius 1 is 1.71 bits per heavy atom. The quantitative estimate of drug-likeness (QED) is 0.798. The number of halogens is 1. The molecule has 2 heterocycles. The molecule has 0 bridgehead atoms. The number of thioether (sulfide) groups is 1. The molecule has 1 aliphatic rings. The summed E-state index contributed by atoms with van der Waals surface area (Å²) >= 11 is 4.03. The van der Waals surface area contributed by atoms with Crippen LogP contribution in [0.15, 0.2) is 22.7 Å². The Labute approximate surface area is 101 Å². The molecule has 5 heteroatoms. The number of aromatic nitrogens is 2. The average molecular weight is 322 g/mol. The number of ether oxygens (including phenoxy) is 1. The predicted molar refractivity (Wildman–Crippen MR) is 66.9 cm³/mol. The molecule has 0 N–H and O–H groups in total. The van der Waals surface area contributed by atoms with Gasteiger partial charge >= 0.3 is 0 Å². The Morgan fingerprint density at radius 2 is 2.57 bits per heavy atom. The maximum absolute atomic E-state index is 5.55. The van der Waals surface area contributed by atoms with E-state index in [-0.39, 0.29) is 0 Å². The fraction of sp³-hybridized carbons (Fsp3) is 0.444. The van der Waals surface area contributed by atoms with Gasteiger partial charge in [0.25, 0.3) is 0 Å². The number of hydrogen-bond donors (Lipinski definition) is 0. The van der Waals surface area contributed by atoms with Crippen LogP contribution < -0.4 is 4.74 Å². The van der Waals surface area contributed by atoms with Crippen LogP contribution in [0.3, 0.4) is 0 Å². The fourth-order valence-electron chi connectivity index (χ4n) is 1.27. The van der Waals surface area contributed by atoms with Crippen LogP contribution in [0.1, 0.15) is 13.3 Å². The van der Waals surface area contributed by atoms with Gasteiger partial charge in [-0.15, -0.1) is 16.9 Å². The van der Waals surface area contributed by atoms with Crippen LogP contribution in [-0.4, -0.2) is 20.4 Å². The van der Waals surface area contributed by atoms with E-state index in [1.165, 1.54) is 10.5 Å². The smallest absolute Gasteiger partial charge is 0.233 e. The van der Waals surface area contributed by atoms with Gasteiger partial charge in [-0.25, -0.2) is 2.90 Å². The molecular weight excluding hydrogens is 311 g/mol. The minimum atomic E-state index is 0.698. The summed E-state index contributed by atoms with van der Waals surface area (Å²) in [5.74, 6) is 1.83. The van der Waals surface area contributed by atoms with Gasteiger partial charge in [0.05, 0.1) is 22.9 Å². The van der Waals surface area contributed by atoms with E-state index in [9.17, 15) is 0 Å². The third kappa shape index (κ3) is 2.25. The van der Waals surface area contributed by atoms with E-state index in [1.807, 2.05) is 24.0 Å². The lowest BCUT2D eigenvalue weighted by Gasteiger charge is -2.21. The summed E-state index contributed by atoms with van der Waals surface area (Å²) in [5.41, 5.74) is 1.43. The van der Waals surface area contributed by atoms with Crippen LogP contribution in [0.5, 0.6) is 5.88 Å². The van der Waals surface area contributed by atoms with Crippen molar-refractivity contribution in [1.29, 1.82) is 0 Å². The number of nitrogens with zero attached hydrogens (tertiary/aromatic N) is 2. The van der Waals surface area contributed by atoms with Crippen molar-refractivity contribution in [2.45, 2.75) is 13.3 Å². The molecule has 0 saturated carbocycles. The first-order valence-electron chi connectivity index (χ1n) is 4.48. The molecule has 0 fully saturated rings. The molecule has 0 radical (unpaired) electrons. The van der Waals surface area contributed by atoms with Gasteiger partial charge in [0, 0.05) is 18.0 Å². The van der Waals surface area contributed by atoms with Gasteiger partial charge in [-0.05, 0) is 16.9 Å². The van der Waals surface area contributed by atoms with E-state index in [2.05, 4.69) is 34.9 Å². The van der Waals surface area contributed by atoms with Crippen LogP contribution in [-0.2, 0) is 0 Å². The minimum absolute atomic E-state index is 0.698. The summed E-state index contributed by atoms with van der Waals surface area (Å²) in [6, 6.07) is 1.88. The molecule has 0 unspecified atom stereocenters. The van der Waals surface area contributed by atoms with Crippen molar-refractivity contribution < 1.29 is 4.74 Å². The summed E-state index contributed by atoms with van der Waals surface area (Å²) < 4.78 is 7.27. The third-order valence-electron chi connectivity index (χ3n) is 2.06. The largest absolute Gasteiger partial charge is 0.472 e. The van der Waals surface area contributed by atoms with Crippen molar-refractivity contribution in [3.8, 4) is 5.88 Å². The van der Waals surface area contributed by atoms with E-state index >= 15 is 0 Å². The van der Waals surface area contributed by atoms with E-state index in [1.54, 1.807) is 2.90 Å². The second-order valence-electron chi connectivity index (χ2n) is 3.00. The molecule has 0 aliphatic carbocycles. The average Bonchev–Trinajstić information content (AvgIpc) is 2.51. The molecule has 0 saturated heterocycles. The molecule has 76 valence electrons. The van der Waals surface area contributed by atoms with Crippen LogP contribution in [0.2, 0.25) is 0 Å². The highest BCUT2D eigenvalue weighted by molar-refractivity contribution is 14.1. The van der Waals surface area contributed by atoms with Crippen molar-refractivity contribution in [2.24, 2.45) is 0 Å². The van der Waals surface area contributed by atoms with Crippen LogP contribution in [0, 0.1) is 0 Å². The van der Waals surface area contributed by atoms with Crippen molar-refractivity contribution in [2.75, 3.05) is 12.4 Å². The molecule has 0 spiro atoms. The van der Waals surface area contributed by atoms with Gasteiger partial charge in [0.2, 0.25) is 5.88 Å². The molecule has 3 nitrogen and oxygen atoms in total. The minimum Gasteiger partial charge on any atom is -0.472 e. The molecular formula is C9H11IN2OS. The Bertz CT molecular complexity index is 361. The second-order valence-corrected chi connectivity index (χ2v) is 5.06. The van der Waals surface area contributed by atoms with Gasteiger partial charge in [-0.1, -0.05) is 6.92 Å². The van der Waals surface area contributed by atoms with E-state index in [0.29, 0.717) is 12.5 Å². The first kappa shape index (κ1) is 10.4. The summed E-state index contributed by atoms with van der Waals surface area (Å²) in [6.45, 7) is 2.88. The molecule has 0 amide bonds. The maximum Gasteiger partial charge on any atom is 0.233 e. The summed E-state index contributed by atoms with van der Waals surface area (Å²) in [4.78, 5) is 1.49. The Kier molecular flexibility index (Phi) is 3.38. The predicted octanol–water partition coefficient (Wildman–Crippen LogP) is 2.87. The molecule has 0 atom stereocenters. The van der Waals surface area contributed by atoms with Crippen LogP contribution in [0.25, 0.3) is 0 Å².